The number of halogens is 1. The molecule has 1 saturated heterocycles. The Labute approximate surface area is 291 Å². The molecular weight excluding hydrogens is 643 g/mol. The van der Waals surface area contributed by atoms with Gasteiger partial charge in [0.1, 0.15) is 23.5 Å². The second-order valence-electron chi connectivity index (χ2n) is 13.5. The average molecular weight is 687 g/mol. The monoisotopic (exact) mass is 686 g/mol. The Morgan fingerprint density at radius 1 is 1.14 bits per heavy atom. The van der Waals surface area contributed by atoms with E-state index in [1.54, 1.807) is 37.6 Å². The van der Waals surface area contributed by atoms with Crippen molar-refractivity contribution in [3.63, 3.8) is 0 Å². The molecule has 0 aliphatic carbocycles. The number of allylic oxidation sites excluding steroid dienone is 1. The highest BCUT2D eigenvalue weighted by Crippen LogP contribution is 2.27. The van der Waals surface area contributed by atoms with Gasteiger partial charge in [0.15, 0.2) is 6.04 Å². The molecule has 0 saturated carbocycles. The van der Waals surface area contributed by atoms with Gasteiger partial charge in [-0.3, -0.25) is 9.59 Å². The van der Waals surface area contributed by atoms with E-state index in [0.717, 1.165) is 11.1 Å². The number of terminal acetylenes is 1. The lowest BCUT2D eigenvalue weighted by Crippen LogP contribution is -2.58. The number of hydrogen-bond donors (Lipinski definition) is 2. The number of aromatic nitrogens is 1. The number of carbonyl (C=O) groups excluding carboxylic acids is 4. The van der Waals surface area contributed by atoms with Crippen molar-refractivity contribution in [2.24, 2.45) is 0 Å². The molecule has 3 aromatic rings. The second kappa shape index (κ2) is 15.6. The Bertz CT molecular complexity index is 1820. The number of ether oxygens (including phenoxy) is 3. The maximum atomic E-state index is 14.6. The summed E-state index contributed by atoms with van der Waals surface area (Å²) in [6.07, 6.45) is 10.7. The fourth-order valence-electron chi connectivity index (χ4n) is 6.46. The third-order valence-corrected chi connectivity index (χ3v) is 8.66. The summed E-state index contributed by atoms with van der Waals surface area (Å²) in [5.74, 6) is 0.241. The Kier molecular flexibility index (Phi) is 11.3. The van der Waals surface area contributed by atoms with Crippen molar-refractivity contribution in [1.29, 1.82) is 0 Å². The van der Waals surface area contributed by atoms with Crippen LogP contribution in [-0.2, 0) is 54.4 Å². The standard InChI is InChI=1S/C38H43FN4O7/c1-6-16-42-23-26(28-22-27(39)13-14-31(28)42)21-30-35(45)43-17-15-32(33(43)36(46)48-5)49-18-8-7-10-24-11-9-12-25(19-24)20-29(34(44)40-30)41-37(47)50-38(2,3)4/h1,7-9,11-14,19,22-23,29-30,32-33H,10,15-18,20-21H2,2-5H3,(H,40,44)(H,41,47)/b8-7+/t29?,30-,32?,33-/m0/s1. The van der Waals surface area contributed by atoms with Crippen molar-refractivity contribution in [3.8, 4) is 12.3 Å². The molecule has 3 amide bonds. The van der Waals surface area contributed by atoms with Crippen LogP contribution < -0.4 is 10.6 Å². The highest BCUT2D eigenvalue weighted by molar-refractivity contribution is 5.94. The quantitative estimate of drug-likeness (QED) is 0.237. The zero-order chi connectivity index (χ0) is 36.0. The van der Waals surface area contributed by atoms with Crippen LogP contribution in [0.4, 0.5) is 9.18 Å². The number of nitrogens with zero attached hydrogens (tertiary/aromatic N) is 2. The van der Waals surface area contributed by atoms with Crippen molar-refractivity contribution in [3.05, 3.63) is 83.3 Å². The number of alkyl carbamates (subject to hydrolysis) is 1. The zero-order valence-corrected chi connectivity index (χ0v) is 28.7. The van der Waals surface area contributed by atoms with Gasteiger partial charge in [0, 0.05) is 36.5 Å². The molecule has 2 aliphatic rings. The minimum Gasteiger partial charge on any atom is -0.467 e. The van der Waals surface area contributed by atoms with Crippen molar-refractivity contribution in [1.82, 2.24) is 20.1 Å². The van der Waals surface area contributed by atoms with E-state index >= 15 is 0 Å². The third kappa shape index (κ3) is 8.71. The van der Waals surface area contributed by atoms with Gasteiger partial charge < -0.3 is 34.3 Å². The molecule has 4 bridgehead atoms. The Balaban J connectivity index is 1.58. The fourth-order valence-corrected chi connectivity index (χ4v) is 6.46. The molecule has 50 heavy (non-hydrogen) atoms. The molecule has 4 atom stereocenters. The second-order valence-corrected chi connectivity index (χ2v) is 13.5. The van der Waals surface area contributed by atoms with Crippen LogP contribution in [0.5, 0.6) is 0 Å². The summed E-state index contributed by atoms with van der Waals surface area (Å²) in [5, 5.41) is 6.08. The predicted molar refractivity (Wildman–Crippen MR) is 184 cm³/mol. The first-order chi connectivity index (χ1) is 23.9. The van der Waals surface area contributed by atoms with Crippen molar-refractivity contribution >= 4 is 34.8 Å². The van der Waals surface area contributed by atoms with Gasteiger partial charge in [-0.1, -0.05) is 42.3 Å². The number of carbonyl (C=O) groups is 4. The molecule has 12 heteroatoms. The molecule has 2 N–H and O–H groups in total. The van der Waals surface area contributed by atoms with Gasteiger partial charge in [0.2, 0.25) is 11.8 Å². The summed E-state index contributed by atoms with van der Waals surface area (Å²) < 4.78 is 33.0. The normalized spacial score (nSPS) is 22.3. The van der Waals surface area contributed by atoms with Gasteiger partial charge in [-0.05, 0) is 68.5 Å². The summed E-state index contributed by atoms with van der Waals surface area (Å²) >= 11 is 0. The van der Waals surface area contributed by atoms with E-state index in [1.807, 2.05) is 36.4 Å². The molecule has 264 valence electrons. The minimum atomic E-state index is -1.24. The van der Waals surface area contributed by atoms with Crippen LogP contribution in [0.25, 0.3) is 10.9 Å². The maximum absolute atomic E-state index is 14.6. The number of rotatable bonds is 5. The first-order valence-corrected chi connectivity index (χ1v) is 16.6. The molecule has 5 rings (SSSR count). The number of benzene rings is 2. The summed E-state index contributed by atoms with van der Waals surface area (Å²) in [4.78, 5) is 56.3. The summed E-state index contributed by atoms with van der Waals surface area (Å²) in [6.45, 7) is 5.70. The largest absolute Gasteiger partial charge is 0.467 e. The number of nitrogens with one attached hydrogen (secondary N) is 2. The van der Waals surface area contributed by atoms with E-state index in [9.17, 15) is 23.6 Å². The zero-order valence-electron chi connectivity index (χ0n) is 28.7. The van der Waals surface area contributed by atoms with Crippen LogP contribution in [0.15, 0.2) is 60.8 Å². The lowest BCUT2D eigenvalue weighted by Gasteiger charge is -2.30. The number of hydrogen-bond acceptors (Lipinski definition) is 7. The van der Waals surface area contributed by atoms with Gasteiger partial charge in [-0.25, -0.2) is 14.0 Å². The molecule has 2 aromatic carbocycles. The number of amides is 3. The topological polar surface area (TPSA) is 128 Å². The molecule has 3 heterocycles. The van der Waals surface area contributed by atoms with E-state index in [-0.39, 0.29) is 32.5 Å². The van der Waals surface area contributed by atoms with E-state index in [2.05, 4.69) is 16.6 Å². The highest BCUT2D eigenvalue weighted by Gasteiger charge is 2.45. The van der Waals surface area contributed by atoms with Gasteiger partial charge in [0.25, 0.3) is 0 Å². The van der Waals surface area contributed by atoms with Gasteiger partial charge in [-0.2, -0.15) is 0 Å². The molecule has 0 spiro atoms. The van der Waals surface area contributed by atoms with Crippen LogP contribution in [0.2, 0.25) is 0 Å². The predicted octanol–water partition coefficient (Wildman–Crippen LogP) is 3.85. The van der Waals surface area contributed by atoms with E-state index < -0.39 is 59.5 Å². The Hall–Kier alpha value is -5.15. The maximum Gasteiger partial charge on any atom is 0.408 e. The van der Waals surface area contributed by atoms with Crippen LogP contribution in [0.1, 0.15) is 43.9 Å². The molecule has 11 nitrogen and oxygen atoms in total. The Morgan fingerprint density at radius 2 is 1.92 bits per heavy atom. The van der Waals surface area contributed by atoms with E-state index in [0.29, 0.717) is 29.3 Å². The molecule has 2 unspecified atom stereocenters. The fraction of sp³-hybridized carbons (Fsp3) is 0.421. The van der Waals surface area contributed by atoms with Crippen molar-refractivity contribution in [2.75, 3.05) is 20.3 Å². The smallest absolute Gasteiger partial charge is 0.408 e. The number of methoxy groups -OCH3 is 1. The minimum absolute atomic E-state index is 0.0740. The molecule has 2 aliphatic heterocycles. The lowest BCUT2D eigenvalue weighted by atomic mass is 10.00. The van der Waals surface area contributed by atoms with Crippen LogP contribution in [-0.4, -0.2) is 83.4 Å². The molecule has 1 fully saturated rings. The van der Waals surface area contributed by atoms with E-state index in [4.69, 9.17) is 20.6 Å². The van der Waals surface area contributed by atoms with Gasteiger partial charge in [0.05, 0.1) is 26.4 Å². The Morgan fingerprint density at radius 3 is 2.66 bits per heavy atom. The number of esters is 1. The first kappa shape index (κ1) is 36.1. The molecule has 1 aromatic heterocycles. The van der Waals surface area contributed by atoms with Crippen molar-refractivity contribution < 1.29 is 37.8 Å². The van der Waals surface area contributed by atoms with Crippen molar-refractivity contribution in [2.45, 2.75) is 82.8 Å². The van der Waals surface area contributed by atoms with Crippen LogP contribution in [0, 0.1) is 18.2 Å². The molecular formula is C38H43FN4O7. The highest BCUT2D eigenvalue weighted by atomic mass is 19.1. The van der Waals surface area contributed by atoms with Gasteiger partial charge >= 0.3 is 12.1 Å². The van der Waals surface area contributed by atoms with E-state index in [1.165, 1.54) is 24.1 Å². The van der Waals surface area contributed by atoms with Gasteiger partial charge in [-0.15, -0.1) is 6.42 Å². The first-order valence-electron chi connectivity index (χ1n) is 16.6. The van der Waals surface area contributed by atoms with Crippen LogP contribution in [0.3, 0.4) is 0 Å². The summed E-state index contributed by atoms with van der Waals surface area (Å²) in [5.41, 5.74) is 2.12. The SMILES string of the molecule is C#CCn1cc(C[C@@H]2NC(=O)C(NC(=O)OC(C)(C)C)Cc3cccc(c3)C/C=C/COC3CCN(C2=O)[C@@H]3C(=O)OC)c2cc(F)ccc21. The summed E-state index contributed by atoms with van der Waals surface area (Å²) in [7, 11) is 1.24. The number of fused-ring (bicyclic) bond motifs is 5. The lowest BCUT2D eigenvalue weighted by molar-refractivity contribution is -0.155. The average Bonchev–Trinajstić information content (AvgIpc) is 3.63. The molecule has 0 radical (unpaired) electrons. The van der Waals surface area contributed by atoms with Crippen LogP contribution >= 0.6 is 0 Å². The third-order valence-electron chi connectivity index (χ3n) is 8.66. The summed E-state index contributed by atoms with van der Waals surface area (Å²) in [6, 6.07) is 8.44.